The summed E-state index contributed by atoms with van der Waals surface area (Å²) in [6.45, 7) is 1.38. The van der Waals surface area contributed by atoms with Gasteiger partial charge in [-0.25, -0.2) is 4.79 Å². The van der Waals surface area contributed by atoms with Gasteiger partial charge in [-0.1, -0.05) is 29.8 Å². The second-order valence-corrected chi connectivity index (χ2v) is 6.36. The number of anilines is 1. The van der Waals surface area contributed by atoms with E-state index in [1.54, 1.807) is 30.3 Å². The minimum Gasteiger partial charge on any atom is -0.480 e. The molecule has 0 radical (unpaired) electrons. The van der Waals surface area contributed by atoms with Crippen molar-refractivity contribution in [2.24, 2.45) is 0 Å². The van der Waals surface area contributed by atoms with Crippen LogP contribution in [0.2, 0.25) is 5.02 Å². The first-order valence-electron chi connectivity index (χ1n) is 6.82. The van der Waals surface area contributed by atoms with E-state index < -0.39 is 23.8 Å². The normalized spacial score (nSPS) is 12.7. The number of halogens is 4. The van der Waals surface area contributed by atoms with Crippen LogP contribution in [0.25, 0.3) is 0 Å². The van der Waals surface area contributed by atoms with E-state index in [1.165, 1.54) is 11.2 Å². The molecule has 0 saturated heterocycles. The Morgan fingerprint density at radius 1 is 1.21 bits per heavy atom. The van der Waals surface area contributed by atoms with Crippen LogP contribution in [0.15, 0.2) is 53.4 Å². The van der Waals surface area contributed by atoms with Gasteiger partial charge in [-0.15, -0.1) is 0 Å². The number of carboxylic acids is 1. The third-order valence-corrected chi connectivity index (χ3v) is 4.68. The molecule has 2 rings (SSSR count). The van der Waals surface area contributed by atoms with Crippen LogP contribution in [0.1, 0.15) is 12.5 Å². The van der Waals surface area contributed by atoms with E-state index in [0.717, 1.165) is 30.1 Å². The van der Waals surface area contributed by atoms with E-state index >= 15 is 0 Å². The lowest BCUT2D eigenvalue weighted by Crippen LogP contribution is -2.34. The molecule has 2 aromatic carbocycles. The molecular formula is C16H13ClF3NO2S. The van der Waals surface area contributed by atoms with E-state index in [0.29, 0.717) is 4.90 Å². The highest BCUT2D eigenvalue weighted by atomic mass is 35.5. The number of hydrogen-bond donors (Lipinski definition) is 1. The summed E-state index contributed by atoms with van der Waals surface area (Å²) < 4.78 is 40.2. The predicted molar refractivity (Wildman–Crippen MR) is 88.3 cm³/mol. The Bertz CT molecular complexity index is 725. The Morgan fingerprint density at radius 2 is 1.83 bits per heavy atom. The molecule has 1 unspecified atom stereocenters. The van der Waals surface area contributed by atoms with Gasteiger partial charge in [0.15, 0.2) is 0 Å². The Hall–Kier alpha value is -1.86. The van der Waals surface area contributed by atoms with Crippen LogP contribution in [0, 0.1) is 0 Å². The number of rotatable bonds is 5. The van der Waals surface area contributed by atoms with Crippen molar-refractivity contribution in [3.8, 4) is 0 Å². The van der Waals surface area contributed by atoms with Gasteiger partial charge < -0.3 is 5.11 Å². The minimum absolute atomic E-state index is 0.00440. The predicted octanol–water partition coefficient (Wildman–Crippen LogP) is 5.35. The molecule has 0 aliphatic heterocycles. The first-order valence-corrected chi connectivity index (χ1v) is 7.97. The van der Waals surface area contributed by atoms with Crippen molar-refractivity contribution in [2.45, 2.75) is 24.0 Å². The molecule has 24 heavy (non-hydrogen) atoms. The van der Waals surface area contributed by atoms with Gasteiger partial charge in [0, 0.05) is 4.90 Å². The molecule has 1 N–H and O–H groups in total. The van der Waals surface area contributed by atoms with Gasteiger partial charge in [0.2, 0.25) is 0 Å². The topological polar surface area (TPSA) is 40.5 Å². The van der Waals surface area contributed by atoms with E-state index in [9.17, 15) is 23.1 Å². The monoisotopic (exact) mass is 375 g/mol. The smallest absolute Gasteiger partial charge is 0.416 e. The molecule has 0 bridgehead atoms. The molecule has 0 amide bonds. The van der Waals surface area contributed by atoms with Crippen LogP contribution < -0.4 is 4.31 Å². The molecular weight excluding hydrogens is 363 g/mol. The third-order valence-electron chi connectivity index (χ3n) is 3.17. The summed E-state index contributed by atoms with van der Waals surface area (Å²) in [5.41, 5.74) is -0.895. The number of hydrogen-bond acceptors (Lipinski definition) is 3. The zero-order valence-corrected chi connectivity index (χ0v) is 14.0. The lowest BCUT2D eigenvalue weighted by atomic mass is 10.2. The first-order chi connectivity index (χ1) is 11.2. The third kappa shape index (κ3) is 4.36. The summed E-state index contributed by atoms with van der Waals surface area (Å²) in [6, 6.07) is 10.5. The summed E-state index contributed by atoms with van der Waals surface area (Å²) in [5.74, 6) is -1.17. The standard InChI is InChI=1S/C16H13ClF3NO2S/c1-10(15(22)23)21(24-12-5-3-2-4-6-12)14-9-11(16(18,19)20)7-8-13(14)17/h2-10H,1H3,(H,22,23). The molecule has 0 saturated carbocycles. The maximum atomic E-state index is 13.0. The lowest BCUT2D eigenvalue weighted by molar-refractivity contribution is -0.138. The Balaban J connectivity index is 2.49. The van der Waals surface area contributed by atoms with Crippen molar-refractivity contribution >= 4 is 35.2 Å². The van der Waals surface area contributed by atoms with Crippen LogP contribution in [0.4, 0.5) is 18.9 Å². The molecule has 0 aromatic heterocycles. The maximum Gasteiger partial charge on any atom is 0.416 e. The molecule has 0 aliphatic carbocycles. The fourth-order valence-electron chi connectivity index (χ4n) is 1.89. The van der Waals surface area contributed by atoms with Gasteiger partial charge in [-0.2, -0.15) is 13.2 Å². The van der Waals surface area contributed by atoms with Gasteiger partial charge in [0.05, 0.1) is 16.3 Å². The summed E-state index contributed by atoms with van der Waals surface area (Å²) in [4.78, 5) is 12.1. The van der Waals surface area contributed by atoms with Crippen LogP contribution in [-0.2, 0) is 11.0 Å². The average molecular weight is 376 g/mol. The molecule has 1 atom stereocenters. The second-order valence-electron chi connectivity index (χ2n) is 4.91. The van der Waals surface area contributed by atoms with Crippen molar-refractivity contribution in [1.82, 2.24) is 0 Å². The highest BCUT2D eigenvalue weighted by Gasteiger charge is 2.33. The number of carboxylic acid groups (broad SMARTS) is 1. The second kappa shape index (κ2) is 7.36. The van der Waals surface area contributed by atoms with Crippen molar-refractivity contribution in [3.05, 3.63) is 59.1 Å². The molecule has 3 nitrogen and oxygen atoms in total. The average Bonchev–Trinajstić information content (AvgIpc) is 2.52. The van der Waals surface area contributed by atoms with E-state index in [2.05, 4.69) is 0 Å². The molecule has 0 heterocycles. The fourth-order valence-corrected chi connectivity index (χ4v) is 3.15. The van der Waals surface area contributed by atoms with Gasteiger partial charge >= 0.3 is 12.1 Å². The summed E-state index contributed by atoms with van der Waals surface area (Å²) >= 11 is 7.05. The number of benzene rings is 2. The number of aliphatic carboxylic acids is 1. The van der Waals surface area contributed by atoms with Gasteiger partial charge in [0.1, 0.15) is 6.04 Å². The number of nitrogens with zero attached hydrogens (tertiary/aromatic N) is 1. The summed E-state index contributed by atoms with van der Waals surface area (Å²) in [7, 11) is 0. The highest BCUT2D eigenvalue weighted by molar-refractivity contribution is 8.00. The van der Waals surface area contributed by atoms with E-state index in [-0.39, 0.29) is 10.7 Å². The van der Waals surface area contributed by atoms with Crippen LogP contribution in [0.3, 0.4) is 0 Å². The van der Waals surface area contributed by atoms with E-state index in [1.807, 2.05) is 0 Å². The van der Waals surface area contributed by atoms with Crippen LogP contribution in [0.5, 0.6) is 0 Å². The quantitative estimate of drug-likeness (QED) is 0.715. The Labute approximate surface area is 146 Å². The van der Waals surface area contributed by atoms with E-state index in [4.69, 9.17) is 11.6 Å². The van der Waals surface area contributed by atoms with Crippen molar-refractivity contribution in [2.75, 3.05) is 4.31 Å². The molecule has 0 aliphatic rings. The SMILES string of the molecule is CC(C(=O)O)N(Sc1ccccc1)c1cc(C(F)(F)F)ccc1Cl. The molecule has 0 fully saturated rings. The molecule has 2 aromatic rings. The molecule has 8 heteroatoms. The van der Waals surface area contributed by atoms with Crippen molar-refractivity contribution < 1.29 is 23.1 Å². The molecule has 128 valence electrons. The molecule has 0 spiro atoms. The maximum absolute atomic E-state index is 13.0. The minimum atomic E-state index is -4.55. The highest BCUT2D eigenvalue weighted by Crippen LogP contribution is 2.40. The first kappa shape index (κ1) is 18.5. The van der Waals surface area contributed by atoms with Crippen LogP contribution in [-0.4, -0.2) is 17.1 Å². The number of alkyl halides is 3. The largest absolute Gasteiger partial charge is 0.480 e. The van der Waals surface area contributed by atoms with Gasteiger partial charge in [-0.3, -0.25) is 4.31 Å². The fraction of sp³-hybridized carbons (Fsp3) is 0.188. The summed E-state index contributed by atoms with van der Waals surface area (Å²) in [5, 5.41) is 9.33. The van der Waals surface area contributed by atoms with Crippen LogP contribution >= 0.6 is 23.5 Å². The Morgan fingerprint density at radius 3 is 2.38 bits per heavy atom. The number of carbonyl (C=O) groups is 1. The zero-order valence-electron chi connectivity index (χ0n) is 12.4. The Kier molecular flexibility index (Phi) is 5.66. The van der Waals surface area contributed by atoms with Gasteiger partial charge in [-0.05, 0) is 49.2 Å². The zero-order chi connectivity index (χ0) is 17.9. The summed E-state index contributed by atoms with van der Waals surface area (Å²) in [6.07, 6.45) is -4.55. The van der Waals surface area contributed by atoms with Crippen molar-refractivity contribution in [1.29, 1.82) is 0 Å². The lowest BCUT2D eigenvalue weighted by Gasteiger charge is -2.28. The van der Waals surface area contributed by atoms with Crippen molar-refractivity contribution in [3.63, 3.8) is 0 Å². The van der Waals surface area contributed by atoms with Gasteiger partial charge in [0.25, 0.3) is 0 Å².